The van der Waals surface area contributed by atoms with E-state index in [2.05, 4.69) is 5.32 Å². The Hall–Kier alpha value is -3.43. The predicted octanol–water partition coefficient (Wildman–Crippen LogP) is 6.11. The molecule has 43 heavy (non-hydrogen) atoms. The Labute approximate surface area is 259 Å². The molecule has 2 amide bonds. The number of sulfonamides is 1. The number of hydrogen-bond acceptors (Lipinski definition) is 4. The van der Waals surface area contributed by atoms with Crippen LogP contribution in [0.1, 0.15) is 56.1 Å². The molecule has 1 saturated carbocycles. The van der Waals surface area contributed by atoms with Crippen LogP contribution in [-0.4, -0.2) is 50.0 Å². The minimum Gasteiger partial charge on any atom is -0.352 e. The maximum atomic E-state index is 14.9. The van der Waals surface area contributed by atoms with Crippen LogP contribution in [0.25, 0.3) is 0 Å². The number of anilines is 1. The molecule has 0 radical (unpaired) electrons. The fraction of sp³-hybridized carbons (Fsp3) is 0.394. The first-order valence-corrected chi connectivity index (χ1v) is 16.9. The lowest BCUT2D eigenvalue weighted by molar-refractivity contribution is -0.141. The summed E-state index contributed by atoms with van der Waals surface area (Å²) in [4.78, 5) is 29.3. The van der Waals surface area contributed by atoms with Gasteiger partial charge in [-0.25, -0.2) is 12.8 Å². The highest BCUT2D eigenvalue weighted by molar-refractivity contribution is 7.92. The van der Waals surface area contributed by atoms with Crippen LogP contribution in [0, 0.1) is 5.82 Å². The molecule has 0 aliphatic heterocycles. The Morgan fingerprint density at radius 2 is 1.60 bits per heavy atom. The molecular weight excluding hydrogens is 589 g/mol. The van der Waals surface area contributed by atoms with Crippen LogP contribution < -0.4 is 9.62 Å². The van der Waals surface area contributed by atoms with Crippen LogP contribution in [-0.2, 0) is 32.6 Å². The molecule has 1 N–H and O–H groups in total. The van der Waals surface area contributed by atoms with Gasteiger partial charge in [-0.05, 0) is 55.2 Å². The summed E-state index contributed by atoms with van der Waals surface area (Å²) in [5, 5.41) is 3.65. The van der Waals surface area contributed by atoms with Crippen molar-refractivity contribution in [3.8, 4) is 0 Å². The van der Waals surface area contributed by atoms with Gasteiger partial charge in [0.25, 0.3) is 0 Å². The number of rotatable bonds is 13. The highest BCUT2D eigenvalue weighted by Gasteiger charge is 2.32. The summed E-state index contributed by atoms with van der Waals surface area (Å²) < 4.78 is 41.3. The molecule has 0 bridgehead atoms. The summed E-state index contributed by atoms with van der Waals surface area (Å²) in [6.45, 7) is -0.0363. The predicted molar refractivity (Wildman–Crippen MR) is 169 cm³/mol. The molecule has 0 aromatic heterocycles. The summed E-state index contributed by atoms with van der Waals surface area (Å²) in [5.74, 6) is -1.08. The van der Waals surface area contributed by atoms with E-state index in [0.717, 1.165) is 43.9 Å². The van der Waals surface area contributed by atoms with Crippen LogP contribution in [0.15, 0.2) is 78.9 Å². The first kappa shape index (κ1) is 32.5. The Morgan fingerprint density at radius 3 is 2.26 bits per heavy atom. The molecule has 1 aliphatic carbocycles. The van der Waals surface area contributed by atoms with Gasteiger partial charge in [0.1, 0.15) is 11.9 Å². The van der Waals surface area contributed by atoms with Crippen molar-refractivity contribution in [1.29, 1.82) is 0 Å². The van der Waals surface area contributed by atoms with Crippen LogP contribution in [0.3, 0.4) is 0 Å². The number of nitrogens with zero attached hydrogens (tertiary/aromatic N) is 2. The Kier molecular flexibility index (Phi) is 11.6. The molecule has 0 spiro atoms. The monoisotopic (exact) mass is 627 g/mol. The van der Waals surface area contributed by atoms with Crippen molar-refractivity contribution >= 4 is 39.1 Å². The average molecular weight is 628 g/mol. The van der Waals surface area contributed by atoms with E-state index >= 15 is 0 Å². The van der Waals surface area contributed by atoms with Crippen molar-refractivity contribution in [2.75, 3.05) is 17.1 Å². The molecule has 230 valence electrons. The molecule has 1 atom stereocenters. The summed E-state index contributed by atoms with van der Waals surface area (Å²) in [7, 11) is -3.64. The number of benzene rings is 3. The standard InChI is InChI=1S/C33H39ClFN3O4S/c1-43(41,42)38(29-20-18-27(34)19-21-29)22-10-17-32(39)37(24-26-13-8-9-16-30(26)35)31(23-25-11-4-2-5-12-25)33(40)36-28-14-6-3-7-15-28/h2,4-5,8-9,11-13,16,18-21,28,31H,3,6-7,10,14-15,17,22-24H2,1H3,(H,36,40)/t31-/m0/s1. The second kappa shape index (κ2) is 15.3. The average Bonchev–Trinajstić information content (AvgIpc) is 2.99. The molecule has 10 heteroatoms. The normalized spacial score (nSPS) is 14.6. The minimum absolute atomic E-state index is 0.0317. The molecule has 3 aromatic carbocycles. The molecule has 0 unspecified atom stereocenters. The third-order valence-corrected chi connectivity index (χ3v) is 9.23. The zero-order valence-electron chi connectivity index (χ0n) is 24.4. The zero-order chi connectivity index (χ0) is 30.8. The topological polar surface area (TPSA) is 86.8 Å². The maximum absolute atomic E-state index is 14.9. The van der Waals surface area contributed by atoms with Crippen molar-refractivity contribution in [2.45, 2.75) is 70.0 Å². The van der Waals surface area contributed by atoms with Crippen molar-refractivity contribution in [1.82, 2.24) is 10.2 Å². The van der Waals surface area contributed by atoms with Crippen molar-refractivity contribution in [3.05, 3.63) is 101 Å². The Morgan fingerprint density at radius 1 is 0.953 bits per heavy atom. The van der Waals surface area contributed by atoms with E-state index in [4.69, 9.17) is 11.6 Å². The molecule has 1 aliphatic rings. The van der Waals surface area contributed by atoms with Gasteiger partial charge in [0.2, 0.25) is 21.8 Å². The molecule has 0 saturated heterocycles. The number of halogens is 2. The minimum atomic E-state index is -3.64. The summed E-state index contributed by atoms with van der Waals surface area (Å²) >= 11 is 5.99. The number of carbonyl (C=O) groups is 2. The van der Waals surface area contributed by atoms with E-state index in [1.165, 1.54) is 15.3 Å². The first-order chi connectivity index (χ1) is 20.6. The molecular formula is C33H39ClFN3O4S. The van der Waals surface area contributed by atoms with E-state index in [1.807, 2.05) is 30.3 Å². The third kappa shape index (κ3) is 9.53. The molecule has 7 nitrogen and oxygen atoms in total. The Bertz CT molecular complexity index is 1460. The molecule has 1 fully saturated rings. The number of hydrogen-bond donors (Lipinski definition) is 1. The van der Waals surface area contributed by atoms with E-state index < -0.39 is 21.9 Å². The highest BCUT2D eigenvalue weighted by Crippen LogP contribution is 2.23. The van der Waals surface area contributed by atoms with E-state index in [0.29, 0.717) is 16.3 Å². The molecule has 4 rings (SSSR count). The van der Waals surface area contributed by atoms with Gasteiger partial charge in [0.05, 0.1) is 11.9 Å². The van der Waals surface area contributed by atoms with Crippen molar-refractivity contribution in [3.63, 3.8) is 0 Å². The van der Waals surface area contributed by atoms with Gasteiger partial charge in [-0.2, -0.15) is 0 Å². The fourth-order valence-electron chi connectivity index (χ4n) is 5.52. The van der Waals surface area contributed by atoms with Crippen LogP contribution in [0.4, 0.5) is 10.1 Å². The highest BCUT2D eigenvalue weighted by atomic mass is 35.5. The fourth-order valence-corrected chi connectivity index (χ4v) is 6.61. The first-order valence-electron chi connectivity index (χ1n) is 14.7. The SMILES string of the molecule is CS(=O)(=O)N(CCCC(=O)N(Cc1ccccc1F)[C@@H](Cc1ccccc1)C(=O)NC1CCCCC1)c1ccc(Cl)cc1. The summed E-state index contributed by atoms with van der Waals surface area (Å²) in [6.07, 6.45) is 6.53. The van der Waals surface area contributed by atoms with Crippen molar-refractivity contribution in [2.24, 2.45) is 0 Å². The van der Waals surface area contributed by atoms with Gasteiger partial charge < -0.3 is 10.2 Å². The van der Waals surface area contributed by atoms with Crippen LogP contribution in [0.5, 0.6) is 0 Å². The lowest BCUT2D eigenvalue weighted by atomic mass is 9.94. The number of carbonyl (C=O) groups excluding carboxylic acids is 2. The van der Waals surface area contributed by atoms with E-state index in [9.17, 15) is 22.4 Å². The molecule has 3 aromatic rings. The number of nitrogens with one attached hydrogen (secondary N) is 1. The van der Waals surface area contributed by atoms with Gasteiger partial charge in [-0.15, -0.1) is 0 Å². The van der Waals surface area contributed by atoms with Crippen LogP contribution >= 0.6 is 11.6 Å². The lowest BCUT2D eigenvalue weighted by Crippen LogP contribution is -2.53. The third-order valence-electron chi connectivity index (χ3n) is 7.79. The van der Waals surface area contributed by atoms with Gasteiger partial charge >= 0.3 is 0 Å². The quantitative estimate of drug-likeness (QED) is 0.248. The summed E-state index contributed by atoms with van der Waals surface area (Å²) in [5.41, 5.74) is 1.62. The second-order valence-corrected chi connectivity index (χ2v) is 13.4. The van der Waals surface area contributed by atoms with Gasteiger partial charge in [-0.1, -0.05) is 79.4 Å². The largest absolute Gasteiger partial charge is 0.352 e. The van der Waals surface area contributed by atoms with Gasteiger partial charge in [0.15, 0.2) is 0 Å². The summed E-state index contributed by atoms with van der Waals surface area (Å²) in [6, 6.07) is 21.3. The smallest absolute Gasteiger partial charge is 0.243 e. The van der Waals surface area contributed by atoms with E-state index in [1.54, 1.807) is 42.5 Å². The lowest BCUT2D eigenvalue weighted by Gasteiger charge is -2.34. The number of amides is 2. The van der Waals surface area contributed by atoms with E-state index in [-0.39, 0.29) is 50.2 Å². The van der Waals surface area contributed by atoms with Crippen molar-refractivity contribution < 1.29 is 22.4 Å². The molecule has 0 heterocycles. The Balaban J connectivity index is 1.59. The maximum Gasteiger partial charge on any atom is 0.243 e. The second-order valence-electron chi connectivity index (χ2n) is 11.1. The van der Waals surface area contributed by atoms with Gasteiger partial charge in [-0.3, -0.25) is 13.9 Å². The van der Waals surface area contributed by atoms with Crippen LogP contribution in [0.2, 0.25) is 5.02 Å². The van der Waals surface area contributed by atoms with Gasteiger partial charge in [0, 0.05) is 42.6 Å². The zero-order valence-corrected chi connectivity index (χ0v) is 26.0.